The lowest BCUT2D eigenvalue weighted by Crippen LogP contribution is -2.47. The molecule has 1 atom stereocenters. The minimum Gasteiger partial charge on any atom is -0.493 e. The van der Waals surface area contributed by atoms with Crippen molar-refractivity contribution in [2.75, 3.05) is 37.7 Å². The summed E-state index contributed by atoms with van der Waals surface area (Å²) in [6.07, 6.45) is 2.92. The third-order valence-electron chi connectivity index (χ3n) is 5.04. The van der Waals surface area contributed by atoms with E-state index in [1.807, 2.05) is 12.3 Å². The Morgan fingerprint density at radius 1 is 1.09 bits per heavy atom. The number of aromatic nitrogens is 1. The van der Waals surface area contributed by atoms with Crippen LogP contribution < -0.4 is 9.64 Å². The summed E-state index contributed by atoms with van der Waals surface area (Å²) in [4.78, 5) is 9.38. The van der Waals surface area contributed by atoms with Crippen LogP contribution in [0.1, 0.15) is 24.1 Å². The van der Waals surface area contributed by atoms with Gasteiger partial charge >= 0.3 is 0 Å². The zero-order valence-electron chi connectivity index (χ0n) is 13.6. The lowest BCUT2D eigenvalue weighted by Gasteiger charge is -2.38. The van der Waals surface area contributed by atoms with Gasteiger partial charge in [0.05, 0.1) is 6.61 Å². The number of fused-ring (bicyclic) bond motifs is 1. The van der Waals surface area contributed by atoms with Crippen molar-refractivity contribution >= 4 is 5.82 Å². The number of hydrogen-bond donors (Lipinski definition) is 0. The molecule has 1 fully saturated rings. The molecule has 0 spiro atoms. The quantitative estimate of drug-likeness (QED) is 0.871. The number of benzene rings is 1. The molecule has 0 saturated carbocycles. The first kappa shape index (κ1) is 14.5. The monoisotopic (exact) mass is 309 g/mol. The van der Waals surface area contributed by atoms with E-state index in [1.165, 1.54) is 11.1 Å². The molecule has 120 valence electrons. The molecule has 23 heavy (non-hydrogen) atoms. The molecule has 0 aliphatic carbocycles. The van der Waals surface area contributed by atoms with Crippen LogP contribution in [0.2, 0.25) is 0 Å². The molecule has 0 bridgehead atoms. The van der Waals surface area contributed by atoms with Crippen LogP contribution in [0.15, 0.2) is 42.6 Å². The van der Waals surface area contributed by atoms with Gasteiger partial charge in [0.2, 0.25) is 0 Å². The van der Waals surface area contributed by atoms with E-state index in [2.05, 4.69) is 52.0 Å². The molecule has 3 heterocycles. The van der Waals surface area contributed by atoms with Crippen molar-refractivity contribution in [2.45, 2.75) is 19.4 Å². The predicted octanol–water partition coefficient (Wildman–Crippen LogP) is 2.90. The highest BCUT2D eigenvalue weighted by molar-refractivity contribution is 5.41. The van der Waals surface area contributed by atoms with E-state index in [-0.39, 0.29) is 0 Å². The molecule has 4 heteroatoms. The van der Waals surface area contributed by atoms with E-state index in [0.717, 1.165) is 50.8 Å². The third kappa shape index (κ3) is 2.91. The van der Waals surface area contributed by atoms with Crippen LogP contribution in [-0.2, 0) is 6.42 Å². The molecule has 2 aromatic rings. The van der Waals surface area contributed by atoms with Crippen LogP contribution in [0.5, 0.6) is 5.75 Å². The fourth-order valence-electron chi connectivity index (χ4n) is 3.53. The van der Waals surface area contributed by atoms with Crippen molar-refractivity contribution in [2.24, 2.45) is 0 Å². The van der Waals surface area contributed by atoms with Crippen molar-refractivity contribution in [3.8, 4) is 5.75 Å². The Hall–Kier alpha value is -2.07. The highest BCUT2D eigenvalue weighted by Crippen LogP contribution is 2.31. The van der Waals surface area contributed by atoms with Gasteiger partial charge in [0.25, 0.3) is 0 Å². The highest BCUT2D eigenvalue weighted by atomic mass is 16.5. The van der Waals surface area contributed by atoms with Gasteiger partial charge < -0.3 is 9.64 Å². The first-order valence-corrected chi connectivity index (χ1v) is 8.47. The van der Waals surface area contributed by atoms with E-state index in [1.54, 1.807) is 0 Å². The van der Waals surface area contributed by atoms with Crippen LogP contribution in [0.25, 0.3) is 0 Å². The summed E-state index contributed by atoms with van der Waals surface area (Å²) in [5.74, 6) is 2.17. The Balaban J connectivity index is 1.42. The first-order chi connectivity index (χ1) is 11.3. The largest absolute Gasteiger partial charge is 0.493 e. The molecule has 0 amide bonds. The maximum absolute atomic E-state index is 5.72. The van der Waals surface area contributed by atoms with Gasteiger partial charge in [0, 0.05) is 44.8 Å². The first-order valence-electron chi connectivity index (χ1n) is 8.47. The number of pyridine rings is 1. The van der Waals surface area contributed by atoms with Crippen molar-refractivity contribution in [3.63, 3.8) is 0 Å². The maximum atomic E-state index is 5.72. The topological polar surface area (TPSA) is 28.6 Å². The van der Waals surface area contributed by atoms with Crippen LogP contribution in [0.4, 0.5) is 5.82 Å². The van der Waals surface area contributed by atoms with Crippen LogP contribution in [-0.4, -0.2) is 42.7 Å². The van der Waals surface area contributed by atoms with Gasteiger partial charge in [-0.15, -0.1) is 0 Å². The number of ether oxygens (including phenoxy) is 1. The van der Waals surface area contributed by atoms with E-state index in [0.29, 0.717) is 6.04 Å². The summed E-state index contributed by atoms with van der Waals surface area (Å²) in [6.45, 7) is 7.32. The normalized spacial score (nSPS) is 19.3. The summed E-state index contributed by atoms with van der Waals surface area (Å²) < 4.78 is 5.72. The molecule has 0 N–H and O–H groups in total. The molecule has 1 saturated heterocycles. The van der Waals surface area contributed by atoms with Gasteiger partial charge in [0.15, 0.2) is 0 Å². The third-order valence-corrected chi connectivity index (χ3v) is 5.04. The summed E-state index contributed by atoms with van der Waals surface area (Å²) in [5, 5.41) is 0. The second-order valence-electron chi connectivity index (χ2n) is 6.35. The number of anilines is 1. The van der Waals surface area contributed by atoms with Crippen LogP contribution in [0.3, 0.4) is 0 Å². The van der Waals surface area contributed by atoms with Crippen molar-refractivity contribution < 1.29 is 4.74 Å². The zero-order valence-corrected chi connectivity index (χ0v) is 13.6. The summed E-state index contributed by atoms with van der Waals surface area (Å²) >= 11 is 0. The van der Waals surface area contributed by atoms with Gasteiger partial charge in [0.1, 0.15) is 11.6 Å². The standard InChI is InChI=1S/C19H23N3O/c1-15(17-6-5-16-7-13-23-18(16)14-17)21-9-11-22(12-10-21)19-4-2-3-8-20-19/h2-6,8,14-15H,7,9-13H2,1H3. The number of piperazine rings is 1. The Morgan fingerprint density at radius 3 is 2.74 bits per heavy atom. The van der Waals surface area contributed by atoms with Gasteiger partial charge in [-0.1, -0.05) is 18.2 Å². The Bertz CT molecular complexity index is 666. The number of rotatable bonds is 3. The predicted molar refractivity (Wildman–Crippen MR) is 92.1 cm³/mol. The summed E-state index contributed by atoms with van der Waals surface area (Å²) in [6, 6.07) is 13.3. The molecular weight excluding hydrogens is 286 g/mol. The molecular formula is C19H23N3O. The molecule has 1 aromatic carbocycles. The molecule has 1 aromatic heterocycles. The van der Waals surface area contributed by atoms with Gasteiger partial charge in [-0.25, -0.2) is 4.98 Å². The molecule has 0 radical (unpaired) electrons. The van der Waals surface area contributed by atoms with E-state index in [9.17, 15) is 0 Å². The average molecular weight is 309 g/mol. The summed E-state index contributed by atoms with van der Waals surface area (Å²) in [7, 11) is 0. The number of hydrogen-bond acceptors (Lipinski definition) is 4. The molecule has 2 aliphatic rings. The molecule has 2 aliphatic heterocycles. The fourth-order valence-corrected chi connectivity index (χ4v) is 3.53. The summed E-state index contributed by atoms with van der Waals surface area (Å²) in [5.41, 5.74) is 2.71. The Kier molecular flexibility index (Phi) is 3.92. The second kappa shape index (κ2) is 6.20. The van der Waals surface area contributed by atoms with Crippen molar-refractivity contribution in [1.29, 1.82) is 0 Å². The lowest BCUT2D eigenvalue weighted by molar-refractivity contribution is 0.198. The molecule has 4 rings (SSSR count). The van der Waals surface area contributed by atoms with Gasteiger partial charge in [-0.2, -0.15) is 0 Å². The van der Waals surface area contributed by atoms with Gasteiger partial charge in [-0.3, -0.25) is 4.90 Å². The second-order valence-corrected chi connectivity index (χ2v) is 6.35. The minimum atomic E-state index is 0.426. The Morgan fingerprint density at radius 2 is 1.96 bits per heavy atom. The van der Waals surface area contributed by atoms with E-state index < -0.39 is 0 Å². The van der Waals surface area contributed by atoms with Crippen LogP contribution >= 0.6 is 0 Å². The lowest BCUT2D eigenvalue weighted by atomic mass is 10.0. The SMILES string of the molecule is CC(c1ccc2c(c1)OCC2)N1CCN(c2ccccn2)CC1. The maximum Gasteiger partial charge on any atom is 0.128 e. The average Bonchev–Trinajstić information content (AvgIpc) is 3.10. The Labute approximate surface area is 137 Å². The van der Waals surface area contributed by atoms with Gasteiger partial charge in [-0.05, 0) is 36.2 Å². The van der Waals surface area contributed by atoms with Crippen molar-refractivity contribution in [3.05, 3.63) is 53.7 Å². The number of nitrogens with zero attached hydrogens (tertiary/aromatic N) is 3. The van der Waals surface area contributed by atoms with E-state index >= 15 is 0 Å². The molecule has 4 nitrogen and oxygen atoms in total. The van der Waals surface area contributed by atoms with Crippen LogP contribution in [0, 0.1) is 0 Å². The van der Waals surface area contributed by atoms with E-state index in [4.69, 9.17) is 4.74 Å². The highest BCUT2D eigenvalue weighted by Gasteiger charge is 2.24. The zero-order chi connectivity index (χ0) is 15.6. The minimum absolute atomic E-state index is 0.426. The van der Waals surface area contributed by atoms with Crippen molar-refractivity contribution in [1.82, 2.24) is 9.88 Å². The fraction of sp³-hybridized carbons (Fsp3) is 0.421. The smallest absolute Gasteiger partial charge is 0.128 e. The molecule has 1 unspecified atom stereocenters.